The van der Waals surface area contributed by atoms with Gasteiger partial charge in [0, 0.05) is 20.6 Å². The summed E-state index contributed by atoms with van der Waals surface area (Å²) in [6, 6.07) is 9.30. The summed E-state index contributed by atoms with van der Waals surface area (Å²) in [5, 5.41) is 19.2. The van der Waals surface area contributed by atoms with Gasteiger partial charge < -0.3 is 27.4 Å². The number of nitrogens with one attached hydrogen (secondary N) is 4. The Bertz CT molecular complexity index is 841. The predicted molar refractivity (Wildman–Crippen MR) is 105 cm³/mol. The van der Waals surface area contributed by atoms with Crippen molar-refractivity contribution >= 4 is 29.5 Å². The lowest BCUT2D eigenvalue weighted by molar-refractivity contribution is 0.0970. The van der Waals surface area contributed by atoms with E-state index in [1.807, 2.05) is 30.3 Å². The maximum atomic E-state index is 13.2. The number of hydrogen-bond donors (Lipinski definition) is 7. The van der Waals surface area contributed by atoms with Crippen LogP contribution in [-0.4, -0.2) is 46.8 Å². The number of nitrogen functional groups attached to an aromatic ring is 2. The molecule has 0 bridgehead atoms. The van der Waals surface area contributed by atoms with Crippen molar-refractivity contribution in [3.8, 4) is 0 Å². The fraction of sp³-hybridized carbons (Fsp3) is 0.188. The molecule has 11 nitrogen and oxygen atoms in total. The first-order valence-corrected chi connectivity index (χ1v) is 7.89. The number of nitrogens with two attached hydrogens (primary N) is 3. The van der Waals surface area contributed by atoms with Crippen LogP contribution in [0.1, 0.15) is 16.1 Å². The molecule has 28 heavy (non-hydrogen) atoms. The summed E-state index contributed by atoms with van der Waals surface area (Å²) < 4.78 is 13.2. The molecule has 0 saturated heterocycles. The van der Waals surface area contributed by atoms with Gasteiger partial charge in [-0.25, -0.2) is 9.97 Å². The minimum atomic E-state index is -1.09. The molecule has 1 aromatic heterocycles. The van der Waals surface area contributed by atoms with Crippen LogP contribution in [-0.2, 0) is 6.54 Å². The Morgan fingerprint density at radius 1 is 1.14 bits per heavy atom. The monoisotopic (exact) mass is 390 g/mol. The molecule has 0 aliphatic heterocycles. The largest absolute Gasteiger partial charge is 0.382 e. The summed E-state index contributed by atoms with van der Waals surface area (Å²) in [6.45, 7) is 0.344. The summed E-state index contributed by atoms with van der Waals surface area (Å²) in [5.41, 5.74) is 16.1. The fourth-order valence-corrected chi connectivity index (χ4v) is 1.61. The molecule has 1 amide bonds. The second kappa shape index (κ2) is 10.3. The molecule has 150 valence electrons. The van der Waals surface area contributed by atoms with Crippen molar-refractivity contribution in [3.05, 3.63) is 47.5 Å². The Morgan fingerprint density at radius 2 is 1.71 bits per heavy atom. The van der Waals surface area contributed by atoms with Crippen LogP contribution in [0.3, 0.4) is 0 Å². The highest BCUT2D eigenvalue weighted by Gasteiger charge is 2.17. The lowest BCUT2D eigenvalue weighted by atomic mass is 10.2. The highest BCUT2D eigenvalue weighted by Crippen LogP contribution is 2.11. The number of nitrogens with zero attached hydrogens (tertiary/aromatic N) is 3. The van der Waals surface area contributed by atoms with Crippen molar-refractivity contribution in [2.45, 2.75) is 6.54 Å². The van der Waals surface area contributed by atoms with Crippen LogP contribution < -0.4 is 27.8 Å². The summed E-state index contributed by atoms with van der Waals surface area (Å²) in [6.07, 6.45) is 0. The zero-order valence-corrected chi connectivity index (χ0v) is 15.5. The van der Waals surface area contributed by atoms with Gasteiger partial charge in [-0.2, -0.15) is 4.39 Å². The second-order valence-corrected chi connectivity index (χ2v) is 5.58. The smallest absolute Gasteiger partial charge is 0.280 e. The average Bonchev–Trinajstić information content (AvgIpc) is 2.64. The van der Waals surface area contributed by atoms with E-state index in [0.717, 1.165) is 5.56 Å². The van der Waals surface area contributed by atoms with Crippen LogP contribution in [0.15, 0.2) is 30.3 Å². The van der Waals surface area contributed by atoms with Gasteiger partial charge in [-0.1, -0.05) is 30.3 Å². The second-order valence-electron chi connectivity index (χ2n) is 5.58. The molecule has 0 unspecified atom stereocenters. The van der Waals surface area contributed by atoms with E-state index in [2.05, 4.69) is 20.6 Å². The molecule has 2 rings (SSSR count). The molecule has 1 aromatic carbocycles. The van der Waals surface area contributed by atoms with Gasteiger partial charge in [-0.05, 0) is 5.56 Å². The van der Waals surface area contributed by atoms with Gasteiger partial charge in [0.25, 0.3) is 11.9 Å². The van der Waals surface area contributed by atoms with E-state index in [9.17, 15) is 9.18 Å². The number of hydrogen-bond acceptors (Lipinski definition) is 7. The Labute approximate surface area is 161 Å². The first-order chi connectivity index (χ1) is 13.1. The number of anilines is 2. The molecule has 0 spiro atoms. The highest BCUT2D eigenvalue weighted by atomic mass is 19.1. The number of rotatable bonds is 3. The van der Waals surface area contributed by atoms with E-state index in [4.69, 9.17) is 28.0 Å². The Kier molecular flexibility index (Phi) is 8.09. The van der Waals surface area contributed by atoms with E-state index >= 15 is 0 Å². The summed E-state index contributed by atoms with van der Waals surface area (Å²) >= 11 is 0. The number of guanidine groups is 2. The highest BCUT2D eigenvalue weighted by molar-refractivity contribution is 6.06. The Hall–Kier alpha value is -3.96. The van der Waals surface area contributed by atoms with Crippen molar-refractivity contribution in [2.75, 3.05) is 25.6 Å². The SMILES string of the molecule is CN(C)C(=N)N.N=C(NCc1ccccc1)NC(=O)c1nc(F)c(N)nc1N. The van der Waals surface area contributed by atoms with Gasteiger partial charge in [0.2, 0.25) is 0 Å². The number of carbonyl (C=O) groups excluding carboxylic acids is 1. The van der Waals surface area contributed by atoms with Crippen LogP contribution in [0.4, 0.5) is 16.0 Å². The van der Waals surface area contributed by atoms with Gasteiger partial charge in [-0.3, -0.25) is 20.9 Å². The predicted octanol–water partition coefficient (Wildman–Crippen LogP) is -0.324. The van der Waals surface area contributed by atoms with Crippen molar-refractivity contribution in [3.63, 3.8) is 0 Å². The summed E-state index contributed by atoms with van der Waals surface area (Å²) in [4.78, 5) is 20.2. The molecule has 0 aliphatic rings. The van der Waals surface area contributed by atoms with E-state index in [1.54, 1.807) is 14.1 Å². The quantitative estimate of drug-likeness (QED) is 0.273. The lowest BCUT2D eigenvalue weighted by Crippen LogP contribution is -2.40. The molecule has 0 atom stereocenters. The number of carbonyl (C=O) groups is 1. The molecular weight excluding hydrogens is 367 g/mol. The van der Waals surface area contributed by atoms with Gasteiger partial charge in [-0.15, -0.1) is 0 Å². The van der Waals surface area contributed by atoms with Gasteiger partial charge >= 0.3 is 0 Å². The molecule has 2 aromatic rings. The molecular formula is C16H23FN10O. The van der Waals surface area contributed by atoms with Crippen molar-refractivity contribution in [1.82, 2.24) is 25.5 Å². The topological polar surface area (TPSA) is 196 Å². The zero-order chi connectivity index (χ0) is 21.3. The van der Waals surface area contributed by atoms with Crippen molar-refractivity contribution in [1.29, 1.82) is 10.8 Å². The van der Waals surface area contributed by atoms with E-state index < -0.39 is 23.4 Å². The minimum absolute atomic E-state index is 0.0926. The van der Waals surface area contributed by atoms with E-state index in [0.29, 0.717) is 6.54 Å². The van der Waals surface area contributed by atoms with Crippen LogP contribution >= 0.6 is 0 Å². The number of aromatic nitrogens is 2. The molecule has 0 aliphatic carbocycles. The molecule has 12 heteroatoms. The van der Waals surface area contributed by atoms with Crippen LogP contribution in [0.25, 0.3) is 0 Å². The van der Waals surface area contributed by atoms with Gasteiger partial charge in [0.1, 0.15) is 0 Å². The minimum Gasteiger partial charge on any atom is -0.382 e. The maximum absolute atomic E-state index is 13.2. The zero-order valence-electron chi connectivity index (χ0n) is 15.5. The molecule has 0 fully saturated rings. The molecule has 10 N–H and O–H groups in total. The molecule has 0 saturated carbocycles. The van der Waals surface area contributed by atoms with E-state index in [-0.39, 0.29) is 17.7 Å². The van der Waals surface area contributed by atoms with Crippen LogP contribution in [0, 0.1) is 16.8 Å². The Morgan fingerprint density at radius 3 is 2.25 bits per heavy atom. The van der Waals surface area contributed by atoms with Crippen LogP contribution in [0.5, 0.6) is 0 Å². The number of amides is 1. The van der Waals surface area contributed by atoms with Crippen molar-refractivity contribution in [2.24, 2.45) is 5.73 Å². The van der Waals surface area contributed by atoms with Gasteiger partial charge in [0.15, 0.2) is 29.2 Å². The maximum Gasteiger partial charge on any atom is 0.280 e. The first kappa shape index (κ1) is 22.1. The first-order valence-electron chi connectivity index (χ1n) is 7.89. The van der Waals surface area contributed by atoms with Gasteiger partial charge in [0.05, 0.1) is 0 Å². The lowest BCUT2D eigenvalue weighted by Gasteiger charge is -2.10. The number of benzene rings is 1. The Balaban J connectivity index is 0.000000568. The standard InChI is InChI=1S/C13H14FN7O.C3H9N3/c14-9-11(16)20-10(15)8(19-9)12(22)21-13(17)18-6-7-4-2-1-3-5-7;1-6(2)3(4)5/h1-5H,6H2,(H4,15,16,20)(H3,17,18,21,22);1-2H3,(H3,4,5). The normalized spacial score (nSPS) is 9.54. The summed E-state index contributed by atoms with van der Waals surface area (Å²) in [7, 11) is 3.45. The molecule has 0 radical (unpaired) electrons. The average molecular weight is 390 g/mol. The van der Waals surface area contributed by atoms with E-state index in [1.165, 1.54) is 4.90 Å². The van der Waals surface area contributed by atoms with Crippen LogP contribution in [0.2, 0.25) is 0 Å². The third-order valence-corrected chi connectivity index (χ3v) is 3.15. The number of halogens is 1. The summed E-state index contributed by atoms with van der Waals surface area (Å²) in [5.74, 6) is -2.93. The fourth-order valence-electron chi connectivity index (χ4n) is 1.61. The van der Waals surface area contributed by atoms with Crippen molar-refractivity contribution < 1.29 is 9.18 Å². The molecule has 1 heterocycles. The third-order valence-electron chi connectivity index (χ3n) is 3.15. The third kappa shape index (κ3) is 7.11.